The Morgan fingerprint density at radius 3 is 2.63 bits per heavy atom. The molecule has 7 heteroatoms. The van der Waals surface area contributed by atoms with E-state index in [-0.39, 0.29) is 12.9 Å². The Balaban J connectivity index is 1.83. The van der Waals surface area contributed by atoms with Crippen molar-refractivity contribution in [2.45, 2.75) is 31.7 Å². The Hall–Kier alpha value is -1.93. The molecule has 0 bridgehead atoms. The highest BCUT2D eigenvalue weighted by Crippen LogP contribution is 2.36. The highest BCUT2D eigenvalue weighted by Gasteiger charge is 2.50. The fraction of sp³-hybridized carbons (Fsp3) is 0.550. The van der Waals surface area contributed by atoms with Crippen molar-refractivity contribution < 1.29 is 33.2 Å². The minimum absolute atomic E-state index is 0.140. The average molecular weight is 380 g/mol. The van der Waals surface area contributed by atoms with Gasteiger partial charge in [0, 0.05) is 26.2 Å². The summed E-state index contributed by atoms with van der Waals surface area (Å²) in [6.45, 7) is 3.70. The van der Waals surface area contributed by atoms with Crippen LogP contribution in [-0.2, 0) is 35.1 Å². The molecule has 2 atom stereocenters. The van der Waals surface area contributed by atoms with E-state index in [4.69, 9.17) is 28.4 Å². The van der Waals surface area contributed by atoms with Gasteiger partial charge in [-0.3, -0.25) is 0 Å². The first-order chi connectivity index (χ1) is 13.1. The van der Waals surface area contributed by atoms with E-state index >= 15 is 0 Å². The highest BCUT2D eigenvalue weighted by atomic mass is 16.7. The van der Waals surface area contributed by atoms with Crippen molar-refractivity contribution in [2.75, 3.05) is 40.8 Å². The van der Waals surface area contributed by atoms with Crippen molar-refractivity contribution in [3.8, 4) is 5.75 Å². The summed E-state index contributed by atoms with van der Waals surface area (Å²) in [5.74, 6) is 0.418. The normalized spacial score (nSPS) is 19.8. The molecule has 0 amide bonds. The van der Waals surface area contributed by atoms with Crippen LogP contribution in [-0.4, -0.2) is 58.5 Å². The summed E-state index contributed by atoms with van der Waals surface area (Å²) in [5, 5.41) is 0. The molecular weight excluding hydrogens is 352 g/mol. The summed E-state index contributed by atoms with van der Waals surface area (Å²) in [6, 6.07) is 7.73. The fourth-order valence-electron chi connectivity index (χ4n) is 2.59. The lowest BCUT2D eigenvalue weighted by atomic mass is 10.00. The second-order valence-electron chi connectivity index (χ2n) is 6.08. The van der Waals surface area contributed by atoms with Crippen molar-refractivity contribution >= 4 is 5.97 Å². The van der Waals surface area contributed by atoms with Crippen LogP contribution >= 0.6 is 0 Å². The van der Waals surface area contributed by atoms with Crippen LogP contribution in [0.25, 0.3) is 0 Å². The zero-order valence-corrected chi connectivity index (χ0v) is 16.1. The number of benzene rings is 1. The van der Waals surface area contributed by atoms with Crippen LogP contribution in [0.3, 0.4) is 0 Å². The van der Waals surface area contributed by atoms with Crippen molar-refractivity contribution in [2.24, 2.45) is 0 Å². The molecule has 7 nitrogen and oxygen atoms in total. The van der Waals surface area contributed by atoms with Crippen LogP contribution < -0.4 is 4.74 Å². The van der Waals surface area contributed by atoms with Crippen molar-refractivity contribution in [1.29, 1.82) is 0 Å². The Bertz CT molecular complexity index is 593. The van der Waals surface area contributed by atoms with E-state index in [1.165, 1.54) is 6.08 Å². The van der Waals surface area contributed by atoms with Gasteiger partial charge < -0.3 is 28.4 Å². The smallest absolute Gasteiger partial charge is 0.330 e. The first-order valence-corrected chi connectivity index (χ1v) is 8.94. The molecule has 0 aromatic heterocycles. The topological polar surface area (TPSA) is 75.8 Å². The monoisotopic (exact) mass is 380 g/mol. The Morgan fingerprint density at radius 1 is 1.30 bits per heavy atom. The minimum atomic E-state index is -0.630. The molecule has 0 N–H and O–H groups in total. The first kappa shape index (κ1) is 21.4. The molecule has 0 unspecified atom stereocenters. The van der Waals surface area contributed by atoms with Crippen LogP contribution in [0.15, 0.2) is 36.4 Å². The van der Waals surface area contributed by atoms with E-state index in [1.807, 2.05) is 24.3 Å². The molecule has 0 spiro atoms. The summed E-state index contributed by atoms with van der Waals surface area (Å²) in [6.07, 6.45) is 3.42. The highest BCUT2D eigenvalue weighted by molar-refractivity contribution is 5.82. The number of hydrogen-bond acceptors (Lipinski definition) is 7. The van der Waals surface area contributed by atoms with E-state index in [9.17, 15) is 4.79 Å². The maximum atomic E-state index is 11.6. The summed E-state index contributed by atoms with van der Waals surface area (Å²) in [5.41, 5.74) is 0.430. The van der Waals surface area contributed by atoms with E-state index in [1.54, 1.807) is 27.2 Å². The second kappa shape index (κ2) is 11.0. The number of esters is 1. The third-order valence-corrected chi connectivity index (χ3v) is 4.15. The molecule has 1 aromatic carbocycles. The zero-order valence-electron chi connectivity index (χ0n) is 16.1. The molecule has 1 aliphatic rings. The van der Waals surface area contributed by atoms with Crippen LogP contribution in [0.2, 0.25) is 0 Å². The molecule has 0 saturated carbocycles. The molecule has 1 heterocycles. The van der Waals surface area contributed by atoms with Gasteiger partial charge in [0.15, 0.2) is 0 Å². The predicted octanol–water partition coefficient (Wildman–Crippen LogP) is 2.48. The number of carbonyl (C=O) groups is 1. The molecule has 2 rings (SSSR count). The third-order valence-electron chi connectivity index (χ3n) is 4.15. The number of rotatable bonds is 13. The quantitative estimate of drug-likeness (QED) is 0.171. The van der Waals surface area contributed by atoms with Gasteiger partial charge in [-0.15, -0.1) is 0 Å². The molecule has 1 fully saturated rings. The van der Waals surface area contributed by atoms with Gasteiger partial charge in [0.2, 0.25) is 0 Å². The molecule has 150 valence electrons. The van der Waals surface area contributed by atoms with Gasteiger partial charge >= 0.3 is 5.97 Å². The third kappa shape index (κ3) is 6.95. The Morgan fingerprint density at radius 2 is 2.04 bits per heavy atom. The summed E-state index contributed by atoms with van der Waals surface area (Å²) in [7, 11) is 3.20. The van der Waals surface area contributed by atoms with Crippen LogP contribution in [0.4, 0.5) is 0 Å². The number of hydrogen-bond donors (Lipinski definition) is 0. The molecule has 0 aliphatic carbocycles. The van der Waals surface area contributed by atoms with Crippen LogP contribution in [0, 0.1) is 0 Å². The van der Waals surface area contributed by atoms with Gasteiger partial charge in [0.25, 0.3) is 0 Å². The summed E-state index contributed by atoms with van der Waals surface area (Å²) < 4.78 is 32.1. The molecule has 0 radical (unpaired) electrons. The Labute approximate surface area is 160 Å². The summed E-state index contributed by atoms with van der Waals surface area (Å²) >= 11 is 0. The maximum absolute atomic E-state index is 11.6. The van der Waals surface area contributed by atoms with Crippen LogP contribution in [0.5, 0.6) is 5.75 Å². The number of methoxy groups -OCH3 is 2. The number of carbonyl (C=O) groups excluding carboxylic acids is 1. The average Bonchev–Trinajstić information content (AvgIpc) is 3.47. The maximum Gasteiger partial charge on any atom is 0.330 e. The van der Waals surface area contributed by atoms with E-state index in [0.29, 0.717) is 32.8 Å². The fourth-order valence-corrected chi connectivity index (χ4v) is 2.59. The predicted molar refractivity (Wildman–Crippen MR) is 98.5 cm³/mol. The van der Waals surface area contributed by atoms with Gasteiger partial charge in [-0.2, -0.15) is 0 Å². The lowest BCUT2D eigenvalue weighted by Gasteiger charge is -2.22. The van der Waals surface area contributed by atoms with Gasteiger partial charge in [-0.25, -0.2) is 4.79 Å². The van der Waals surface area contributed by atoms with Crippen molar-refractivity contribution in [1.82, 2.24) is 0 Å². The molecular formula is C20H28O7. The van der Waals surface area contributed by atoms with Gasteiger partial charge in [-0.1, -0.05) is 12.1 Å². The first-order valence-electron chi connectivity index (χ1n) is 8.94. The molecule has 1 saturated heterocycles. The van der Waals surface area contributed by atoms with E-state index < -0.39 is 11.6 Å². The number of ether oxygens (including phenoxy) is 6. The lowest BCUT2D eigenvalue weighted by molar-refractivity contribution is -0.137. The minimum Gasteiger partial charge on any atom is -0.497 e. The van der Waals surface area contributed by atoms with E-state index in [2.05, 4.69) is 0 Å². The number of epoxide rings is 1. The molecule has 1 aliphatic heterocycles. The molecule has 27 heavy (non-hydrogen) atoms. The van der Waals surface area contributed by atoms with E-state index in [0.717, 1.165) is 11.3 Å². The molecule has 1 aromatic rings. The standard InChI is InChI=1S/C20H28O7/c1-4-25-19(21)9-11-20(14-27-20)18(26-15-22-2)10-12-24-13-16-5-7-17(23-3)8-6-16/h5-9,11,18H,4,10,12-15H2,1-3H3/b11-9+/t18-,20+/m1/s1. The van der Waals surface area contributed by atoms with Crippen molar-refractivity contribution in [3.05, 3.63) is 42.0 Å². The van der Waals surface area contributed by atoms with Gasteiger partial charge in [-0.05, 0) is 30.7 Å². The Kier molecular flexibility index (Phi) is 8.74. The zero-order chi connectivity index (χ0) is 19.5. The second-order valence-corrected chi connectivity index (χ2v) is 6.08. The lowest BCUT2D eigenvalue weighted by Crippen LogP contribution is -2.33. The van der Waals surface area contributed by atoms with Crippen LogP contribution in [0.1, 0.15) is 18.9 Å². The van der Waals surface area contributed by atoms with Gasteiger partial charge in [0.05, 0.1) is 33.0 Å². The van der Waals surface area contributed by atoms with Crippen molar-refractivity contribution in [3.63, 3.8) is 0 Å². The SMILES string of the molecule is CCOC(=O)/C=C/[C@@]1([C@@H](CCOCc2ccc(OC)cc2)OCOC)CO1. The van der Waals surface area contributed by atoms with Gasteiger partial charge in [0.1, 0.15) is 18.1 Å². The summed E-state index contributed by atoms with van der Waals surface area (Å²) in [4.78, 5) is 11.6. The largest absolute Gasteiger partial charge is 0.497 e.